The fourth-order valence-corrected chi connectivity index (χ4v) is 2.97. The topological polar surface area (TPSA) is 38.7 Å². The zero-order valence-electron chi connectivity index (χ0n) is 10.7. The smallest absolute Gasteiger partial charge is 0.146 e. The lowest BCUT2D eigenvalue weighted by Gasteiger charge is -2.34. The highest BCUT2D eigenvalue weighted by molar-refractivity contribution is 6.15. The van der Waals surface area contributed by atoms with E-state index in [4.69, 9.17) is 4.84 Å². The van der Waals surface area contributed by atoms with Crippen LogP contribution < -0.4 is 0 Å². The summed E-state index contributed by atoms with van der Waals surface area (Å²) in [6.45, 7) is 4.23. The van der Waals surface area contributed by atoms with Gasteiger partial charge in [-0.05, 0) is 11.8 Å². The lowest BCUT2D eigenvalue weighted by atomic mass is 9.69. The molecule has 3 rings (SSSR count). The van der Waals surface area contributed by atoms with Crippen LogP contribution in [0.5, 0.6) is 0 Å². The number of rotatable bonds is 1. The van der Waals surface area contributed by atoms with Gasteiger partial charge in [0.05, 0.1) is 0 Å². The summed E-state index contributed by atoms with van der Waals surface area (Å²) < 4.78 is 0. The zero-order valence-corrected chi connectivity index (χ0v) is 10.7. The number of nitrogens with zero attached hydrogens (tertiary/aromatic N) is 1. The molecule has 3 nitrogen and oxygen atoms in total. The minimum Gasteiger partial charge on any atom is -0.391 e. The van der Waals surface area contributed by atoms with Crippen LogP contribution in [0.2, 0.25) is 0 Å². The van der Waals surface area contributed by atoms with Gasteiger partial charge >= 0.3 is 0 Å². The molecule has 1 saturated carbocycles. The third kappa shape index (κ3) is 1.84. The van der Waals surface area contributed by atoms with Crippen LogP contribution >= 0.6 is 0 Å². The van der Waals surface area contributed by atoms with Gasteiger partial charge in [-0.25, -0.2) is 0 Å². The molecule has 0 amide bonds. The van der Waals surface area contributed by atoms with Gasteiger partial charge in [0.1, 0.15) is 23.5 Å². The lowest BCUT2D eigenvalue weighted by Crippen LogP contribution is -2.42. The number of oxime groups is 1. The van der Waals surface area contributed by atoms with E-state index in [2.05, 4.69) is 19.0 Å². The number of ketones is 1. The van der Waals surface area contributed by atoms with Gasteiger partial charge in [0.15, 0.2) is 0 Å². The van der Waals surface area contributed by atoms with Gasteiger partial charge in [0, 0.05) is 12.0 Å². The van der Waals surface area contributed by atoms with Gasteiger partial charge in [-0.1, -0.05) is 49.3 Å². The Labute approximate surface area is 107 Å². The molecule has 0 saturated heterocycles. The predicted molar refractivity (Wildman–Crippen MR) is 69.4 cm³/mol. The highest BCUT2D eigenvalue weighted by Gasteiger charge is 2.48. The number of fused-ring (bicyclic) bond motifs is 1. The first-order valence-electron chi connectivity index (χ1n) is 6.39. The Morgan fingerprint density at radius 3 is 2.72 bits per heavy atom. The standard InChI is InChI=1S/C15H17NO2/c1-15(2)8-11(17)13-12(9-15)18-16-14(13)10-6-4-3-5-7-10/h3-7,12-13H,8-9H2,1-2H3. The average molecular weight is 243 g/mol. The molecule has 2 unspecified atom stereocenters. The van der Waals surface area contributed by atoms with Crippen LogP contribution in [0.1, 0.15) is 32.3 Å². The molecule has 0 aromatic heterocycles. The Bertz CT molecular complexity index is 504. The molecule has 0 spiro atoms. The van der Waals surface area contributed by atoms with Crippen molar-refractivity contribution < 1.29 is 9.63 Å². The lowest BCUT2D eigenvalue weighted by molar-refractivity contribution is -0.131. The Hall–Kier alpha value is -1.64. The van der Waals surface area contributed by atoms with Crippen LogP contribution in [0.3, 0.4) is 0 Å². The summed E-state index contributed by atoms with van der Waals surface area (Å²) in [5, 5.41) is 4.16. The van der Waals surface area contributed by atoms with Crippen LogP contribution in [0.25, 0.3) is 0 Å². The van der Waals surface area contributed by atoms with Gasteiger partial charge in [0.2, 0.25) is 0 Å². The third-order valence-corrected chi connectivity index (χ3v) is 3.78. The van der Waals surface area contributed by atoms with Crippen LogP contribution in [0.4, 0.5) is 0 Å². The summed E-state index contributed by atoms with van der Waals surface area (Å²) in [7, 11) is 0. The van der Waals surface area contributed by atoms with Gasteiger partial charge in [-0.2, -0.15) is 0 Å². The molecule has 0 radical (unpaired) electrons. The van der Waals surface area contributed by atoms with Crippen molar-refractivity contribution in [1.29, 1.82) is 0 Å². The van der Waals surface area contributed by atoms with E-state index in [1.54, 1.807) is 0 Å². The SMILES string of the molecule is CC1(C)CC(=O)C2C(c3ccccc3)=NOC2C1. The Morgan fingerprint density at radius 1 is 1.28 bits per heavy atom. The average Bonchev–Trinajstić information content (AvgIpc) is 2.72. The molecular formula is C15H17NO2. The maximum atomic E-state index is 12.3. The van der Waals surface area contributed by atoms with Crippen LogP contribution in [-0.4, -0.2) is 17.6 Å². The Balaban J connectivity index is 1.91. The minimum atomic E-state index is -0.166. The number of carbonyl (C=O) groups excluding carboxylic acids is 1. The maximum absolute atomic E-state index is 12.3. The number of hydrogen-bond donors (Lipinski definition) is 0. The molecule has 94 valence electrons. The zero-order chi connectivity index (χ0) is 12.8. The minimum absolute atomic E-state index is 0.0277. The summed E-state index contributed by atoms with van der Waals surface area (Å²) in [5.74, 6) is 0.0942. The van der Waals surface area contributed by atoms with Crippen molar-refractivity contribution in [2.24, 2.45) is 16.5 Å². The molecular weight excluding hydrogens is 226 g/mol. The monoisotopic (exact) mass is 243 g/mol. The van der Waals surface area contributed by atoms with E-state index in [1.807, 2.05) is 30.3 Å². The molecule has 2 aliphatic rings. The number of benzene rings is 1. The molecule has 2 atom stereocenters. The first-order valence-corrected chi connectivity index (χ1v) is 6.39. The first kappa shape index (κ1) is 11.5. The van der Waals surface area contributed by atoms with Crippen molar-refractivity contribution in [3.05, 3.63) is 35.9 Å². The third-order valence-electron chi connectivity index (χ3n) is 3.78. The van der Waals surface area contributed by atoms with Gasteiger partial charge in [-0.15, -0.1) is 0 Å². The fourth-order valence-electron chi connectivity index (χ4n) is 2.97. The van der Waals surface area contributed by atoms with E-state index in [-0.39, 0.29) is 23.2 Å². The molecule has 1 heterocycles. The molecule has 1 aromatic rings. The van der Waals surface area contributed by atoms with Crippen molar-refractivity contribution >= 4 is 11.5 Å². The molecule has 1 aliphatic heterocycles. The van der Waals surface area contributed by atoms with E-state index in [0.717, 1.165) is 17.7 Å². The van der Waals surface area contributed by atoms with Crippen LogP contribution in [0, 0.1) is 11.3 Å². The van der Waals surface area contributed by atoms with Crippen molar-refractivity contribution in [3.63, 3.8) is 0 Å². The second-order valence-electron chi connectivity index (χ2n) is 5.98. The molecule has 1 aromatic carbocycles. The van der Waals surface area contributed by atoms with E-state index >= 15 is 0 Å². The van der Waals surface area contributed by atoms with Crippen LogP contribution in [0.15, 0.2) is 35.5 Å². The summed E-state index contributed by atoms with van der Waals surface area (Å²) in [5.41, 5.74) is 1.83. The van der Waals surface area contributed by atoms with Crippen molar-refractivity contribution in [1.82, 2.24) is 0 Å². The second kappa shape index (κ2) is 3.94. The summed E-state index contributed by atoms with van der Waals surface area (Å²) >= 11 is 0. The second-order valence-corrected chi connectivity index (χ2v) is 5.98. The highest BCUT2D eigenvalue weighted by atomic mass is 16.6. The molecule has 0 N–H and O–H groups in total. The predicted octanol–water partition coefficient (Wildman–Crippen LogP) is 2.79. The summed E-state index contributed by atoms with van der Waals surface area (Å²) in [4.78, 5) is 17.8. The quantitative estimate of drug-likeness (QED) is 0.760. The Kier molecular flexibility index (Phi) is 2.51. The molecule has 1 fully saturated rings. The highest BCUT2D eigenvalue weighted by Crippen LogP contribution is 2.41. The molecule has 1 aliphatic carbocycles. The fraction of sp³-hybridized carbons (Fsp3) is 0.467. The first-order chi connectivity index (χ1) is 8.57. The molecule has 18 heavy (non-hydrogen) atoms. The van der Waals surface area contributed by atoms with Crippen LogP contribution in [-0.2, 0) is 9.63 Å². The summed E-state index contributed by atoms with van der Waals surface area (Å²) in [6, 6.07) is 9.85. The molecule has 3 heteroatoms. The van der Waals surface area contributed by atoms with Gasteiger partial charge in [-0.3, -0.25) is 4.79 Å². The van der Waals surface area contributed by atoms with Crippen molar-refractivity contribution in [3.8, 4) is 0 Å². The number of Topliss-reactive ketones (excluding diaryl/α,β-unsaturated/α-hetero) is 1. The number of carbonyl (C=O) groups is 1. The number of hydrogen-bond acceptors (Lipinski definition) is 3. The van der Waals surface area contributed by atoms with E-state index in [1.165, 1.54) is 0 Å². The maximum Gasteiger partial charge on any atom is 0.146 e. The Morgan fingerprint density at radius 2 is 2.00 bits per heavy atom. The van der Waals surface area contributed by atoms with E-state index < -0.39 is 0 Å². The normalized spacial score (nSPS) is 29.4. The van der Waals surface area contributed by atoms with Gasteiger partial charge in [0.25, 0.3) is 0 Å². The summed E-state index contributed by atoms with van der Waals surface area (Å²) in [6.07, 6.45) is 1.43. The molecule has 0 bridgehead atoms. The van der Waals surface area contributed by atoms with Crippen molar-refractivity contribution in [2.45, 2.75) is 32.8 Å². The van der Waals surface area contributed by atoms with Gasteiger partial charge < -0.3 is 4.84 Å². The van der Waals surface area contributed by atoms with Crippen molar-refractivity contribution in [2.75, 3.05) is 0 Å². The van der Waals surface area contributed by atoms with E-state index in [0.29, 0.717) is 6.42 Å². The van der Waals surface area contributed by atoms with E-state index in [9.17, 15) is 4.79 Å². The largest absolute Gasteiger partial charge is 0.391 e.